The van der Waals surface area contributed by atoms with Crippen LogP contribution in [0.1, 0.15) is 67.7 Å². The number of H-pyrrole nitrogens is 1. The van der Waals surface area contributed by atoms with Crippen LogP contribution in [-0.2, 0) is 17.3 Å². The van der Waals surface area contributed by atoms with Crippen molar-refractivity contribution in [2.24, 2.45) is 0 Å². The van der Waals surface area contributed by atoms with Gasteiger partial charge in [0.2, 0.25) is 0 Å². The third-order valence-electron chi connectivity index (χ3n) is 7.51. The Balaban J connectivity index is 1.48. The summed E-state index contributed by atoms with van der Waals surface area (Å²) < 4.78 is 0. The highest BCUT2D eigenvalue weighted by Gasteiger charge is 2.36. The molecule has 168 valence electrons. The molecular formula is C30H32N2O. The number of benzene rings is 3. The lowest BCUT2D eigenvalue weighted by Crippen LogP contribution is -2.33. The molecule has 0 spiro atoms. The molecule has 4 aromatic rings. The molecule has 0 aliphatic heterocycles. The quantitative estimate of drug-likeness (QED) is 0.263. The van der Waals surface area contributed by atoms with Crippen LogP contribution in [0.5, 0.6) is 0 Å². The van der Waals surface area contributed by atoms with Crippen molar-refractivity contribution in [3.63, 3.8) is 0 Å². The maximum atomic E-state index is 12.9. The Labute approximate surface area is 196 Å². The lowest BCUT2D eigenvalue weighted by Gasteiger charge is -2.42. The Bertz CT molecular complexity index is 1370. The van der Waals surface area contributed by atoms with Crippen LogP contribution >= 0.6 is 0 Å². The molecule has 33 heavy (non-hydrogen) atoms. The molecule has 0 atom stereocenters. The third kappa shape index (κ3) is 3.86. The first kappa shape index (κ1) is 21.5. The molecule has 3 aromatic carbocycles. The van der Waals surface area contributed by atoms with Gasteiger partial charge < -0.3 is 10.7 Å². The molecule has 3 N–H and O–H groups in total. The first-order valence-electron chi connectivity index (χ1n) is 11.8. The topological polar surface area (TPSA) is 58.9 Å². The van der Waals surface area contributed by atoms with Crippen molar-refractivity contribution in [1.29, 1.82) is 0 Å². The van der Waals surface area contributed by atoms with Crippen LogP contribution < -0.4 is 5.73 Å². The number of para-hydroxylation sites is 1. The van der Waals surface area contributed by atoms with Gasteiger partial charge in [0, 0.05) is 23.0 Å². The van der Waals surface area contributed by atoms with Crippen LogP contribution in [0.15, 0.2) is 66.7 Å². The van der Waals surface area contributed by atoms with Crippen molar-refractivity contribution in [3.8, 4) is 11.1 Å². The number of aromatic nitrogens is 1. The van der Waals surface area contributed by atoms with Crippen LogP contribution in [0.2, 0.25) is 0 Å². The van der Waals surface area contributed by atoms with Gasteiger partial charge >= 0.3 is 0 Å². The number of anilines is 1. The smallest absolute Gasteiger partial charge is 0.183 e. The highest BCUT2D eigenvalue weighted by Crippen LogP contribution is 2.46. The number of hydrogen-bond acceptors (Lipinski definition) is 2. The van der Waals surface area contributed by atoms with E-state index in [0.717, 1.165) is 16.5 Å². The van der Waals surface area contributed by atoms with Gasteiger partial charge in [0.05, 0.1) is 5.69 Å². The third-order valence-corrected chi connectivity index (χ3v) is 7.51. The molecular weight excluding hydrogens is 404 g/mol. The monoisotopic (exact) mass is 436 g/mol. The van der Waals surface area contributed by atoms with E-state index in [2.05, 4.69) is 69.1 Å². The number of nitrogens with one attached hydrogen (secondary N) is 1. The van der Waals surface area contributed by atoms with Crippen molar-refractivity contribution in [1.82, 2.24) is 4.98 Å². The zero-order valence-electron chi connectivity index (χ0n) is 20.0. The van der Waals surface area contributed by atoms with E-state index in [-0.39, 0.29) is 16.6 Å². The highest BCUT2D eigenvalue weighted by atomic mass is 16.1. The first-order valence-corrected chi connectivity index (χ1v) is 11.8. The van der Waals surface area contributed by atoms with Gasteiger partial charge in [-0.25, -0.2) is 0 Å². The zero-order chi connectivity index (χ0) is 23.4. The second-order valence-electron chi connectivity index (χ2n) is 10.8. The summed E-state index contributed by atoms with van der Waals surface area (Å²) in [6, 6.07) is 22.9. The van der Waals surface area contributed by atoms with Crippen LogP contribution in [0, 0.1) is 0 Å². The van der Waals surface area contributed by atoms with Crippen molar-refractivity contribution < 1.29 is 4.79 Å². The van der Waals surface area contributed by atoms with E-state index in [1.165, 1.54) is 35.1 Å². The molecule has 5 rings (SSSR count). The fourth-order valence-corrected chi connectivity index (χ4v) is 5.19. The fraction of sp³-hybridized carbons (Fsp3) is 0.300. The molecule has 1 aliphatic carbocycles. The molecule has 0 bridgehead atoms. The Kier molecular flexibility index (Phi) is 4.97. The predicted octanol–water partition coefficient (Wildman–Crippen LogP) is 7.19. The number of ketones is 1. The molecule has 1 heterocycles. The second-order valence-corrected chi connectivity index (χ2v) is 10.8. The van der Waals surface area contributed by atoms with Crippen molar-refractivity contribution in [3.05, 3.63) is 89.1 Å². The van der Waals surface area contributed by atoms with Gasteiger partial charge in [0.15, 0.2) is 5.78 Å². The van der Waals surface area contributed by atoms with Crippen LogP contribution in [0.25, 0.3) is 22.0 Å². The average molecular weight is 437 g/mol. The van der Waals surface area contributed by atoms with Gasteiger partial charge in [0.1, 0.15) is 0 Å². The molecule has 3 nitrogen and oxygen atoms in total. The normalized spacial score (nSPS) is 16.5. The Morgan fingerprint density at radius 3 is 2.27 bits per heavy atom. The molecule has 0 amide bonds. The summed E-state index contributed by atoms with van der Waals surface area (Å²) >= 11 is 0. The minimum Gasteiger partial charge on any atom is -0.398 e. The molecule has 0 radical (unpaired) electrons. The van der Waals surface area contributed by atoms with Crippen molar-refractivity contribution in [2.45, 2.75) is 57.8 Å². The second kappa shape index (κ2) is 7.62. The van der Waals surface area contributed by atoms with Gasteiger partial charge in [0.25, 0.3) is 0 Å². The van der Waals surface area contributed by atoms with Gasteiger partial charge in [-0.1, -0.05) is 70.2 Å². The van der Waals surface area contributed by atoms with E-state index in [4.69, 9.17) is 5.73 Å². The molecule has 1 aromatic heterocycles. The first-order chi connectivity index (χ1) is 15.6. The van der Waals surface area contributed by atoms with E-state index in [9.17, 15) is 4.79 Å². The van der Waals surface area contributed by atoms with Crippen LogP contribution in [-0.4, -0.2) is 10.8 Å². The maximum absolute atomic E-state index is 12.9. The van der Waals surface area contributed by atoms with Crippen molar-refractivity contribution >= 4 is 22.4 Å². The Morgan fingerprint density at radius 2 is 1.52 bits per heavy atom. The number of aromatic amines is 1. The molecule has 3 heteroatoms. The minimum absolute atomic E-state index is 0.0448. The van der Waals surface area contributed by atoms with E-state index >= 15 is 0 Å². The minimum atomic E-state index is 0.0448. The zero-order valence-corrected chi connectivity index (χ0v) is 20.0. The number of fused-ring (bicyclic) bond motifs is 2. The average Bonchev–Trinajstić information content (AvgIpc) is 3.22. The lowest BCUT2D eigenvalue weighted by molar-refractivity contribution is 0.0989. The standard InChI is InChI=1S/C30H32N2O/c1-29(2)13-14-30(3,4)24-16-20(9-11-23(24)29)19-10-12-26-22(15-19)17-27(32-26)28(33)18-21-7-5-6-8-25(21)31/h5-12,15-17,32H,13-14,18,31H2,1-4H3. The Morgan fingerprint density at radius 1 is 0.848 bits per heavy atom. The number of nitrogen functional groups attached to an aromatic ring is 1. The SMILES string of the molecule is CC1(C)CCC(C)(C)c2cc(-c3ccc4[nH]c(C(=O)Cc5ccccc5N)cc4c3)ccc21. The summed E-state index contributed by atoms with van der Waals surface area (Å²) in [6.45, 7) is 9.43. The van der Waals surface area contributed by atoms with Crippen LogP contribution in [0.3, 0.4) is 0 Å². The molecule has 0 unspecified atom stereocenters. The van der Waals surface area contributed by atoms with Crippen molar-refractivity contribution in [2.75, 3.05) is 5.73 Å². The summed E-state index contributed by atoms with van der Waals surface area (Å²) in [4.78, 5) is 16.2. The summed E-state index contributed by atoms with van der Waals surface area (Å²) in [5.74, 6) is 0.0448. The number of carbonyl (C=O) groups is 1. The van der Waals surface area contributed by atoms with Gasteiger partial charge in [-0.15, -0.1) is 0 Å². The molecule has 0 fully saturated rings. The highest BCUT2D eigenvalue weighted by molar-refractivity contribution is 6.01. The largest absolute Gasteiger partial charge is 0.398 e. The fourth-order valence-electron chi connectivity index (χ4n) is 5.19. The van der Waals surface area contributed by atoms with Gasteiger partial charge in [-0.05, 0) is 75.8 Å². The van der Waals surface area contributed by atoms with Gasteiger partial charge in [-0.2, -0.15) is 0 Å². The maximum Gasteiger partial charge on any atom is 0.183 e. The summed E-state index contributed by atoms with van der Waals surface area (Å²) in [5.41, 5.74) is 14.9. The van der Waals surface area contributed by atoms with E-state index in [1.54, 1.807) is 0 Å². The number of nitrogens with two attached hydrogens (primary N) is 1. The van der Waals surface area contributed by atoms with Gasteiger partial charge in [-0.3, -0.25) is 4.79 Å². The van der Waals surface area contributed by atoms with E-state index < -0.39 is 0 Å². The van der Waals surface area contributed by atoms with Crippen LogP contribution in [0.4, 0.5) is 5.69 Å². The summed E-state index contributed by atoms with van der Waals surface area (Å²) in [7, 11) is 0. The lowest BCUT2D eigenvalue weighted by atomic mass is 9.63. The molecule has 1 aliphatic rings. The Hall–Kier alpha value is -3.33. The number of rotatable bonds is 4. The molecule has 0 saturated heterocycles. The van der Waals surface area contributed by atoms with E-state index in [0.29, 0.717) is 17.8 Å². The number of carbonyl (C=O) groups excluding carboxylic acids is 1. The predicted molar refractivity (Wildman–Crippen MR) is 138 cm³/mol. The number of hydrogen-bond donors (Lipinski definition) is 2. The summed E-state index contributed by atoms with van der Waals surface area (Å²) in [5, 5.41) is 1.05. The number of Topliss-reactive ketones (excluding diaryl/α,β-unsaturated/α-hetero) is 1. The van der Waals surface area contributed by atoms with E-state index in [1.807, 2.05) is 30.3 Å². The summed E-state index contributed by atoms with van der Waals surface area (Å²) in [6.07, 6.45) is 2.71. The molecule has 0 saturated carbocycles.